The highest BCUT2D eigenvalue weighted by molar-refractivity contribution is 5.69. The van der Waals surface area contributed by atoms with Crippen molar-refractivity contribution >= 4 is 5.97 Å². The molecular formula is C15H21NO3. The minimum Gasteiger partial charge on any atom is -0.494 e. The van der Waals surface area contributed by atoms with Crippen LogP contribution in [0, 0.1) is 0 Å². The van der Waals surface area contributed by atoms with Gasteiger partial charge in [0.2, 0.25) is 0 Å². The number of nitrogens with zero attached hydrogens (tertiary/aromatic N) is 1. The van der Waals surface area contributed by atoms with Gasteiger partial charge in [-0.05, 0) is 19.9 Å². The summed E-state index contributed by atoms with van der Waals surface area (Å²) in [7, 11) is 0. The average molecular weight is 263 g/mol. The zero-order valence-electron chi connectivity index (χ0n) is 11.5. The van der Waals surface area contributed by atoms with Crippen LogP contribution in [0.1, 0.15) is 25.5 Å². The lowest BCUT2D eigenvalue weighted by Gasteiger charge is -2.27. The van der Waals surface area contributed by atoms with Crippen LogP contribution in [0.3, 0.4) is 0 Å². The molecule has 0 aliphatic carbocycles. The molecule has 0 saturated carbocycles. The first-order valence-electron chi connectivity index (χ1n) is 6.38. The summed E-state index contributed by atoms with van der Waals surface area (Å²) in [6.07, 6.45) is 1.71. The number of hydrogen-bond acceptors (Lipinski definition) is 3. The van der Waals surface area contributed by atoms with Crippen LogP contribution in [0.2, 0.25) is 0 Å². The summed E-state index contributed by atoms with van der Waals surface area (Å²) in [5.41, 5.74) is 0.993. The summed E-state index contributed by atoms with van der Waals surface area (Å²) in [5.74, 6) is -0.0421. The Hall–Kier alpha value is -1.81. The number of carbonyl (C=O) groups is 1. The lowest BCUT2D eigenvalue weighted by Crippen LogP contribution is -2.32. The van der Waals surface area contributed by atoms with E-state index >= 15 is 0 Å². The molecule has 0 saturated heterocycles. The molecule has 1 aromatic carbocycles. The zero-order chi connectivity index (χ0) is 14.3. The molecule has 4 heteroatoms. The van der Waals surface area contributed by atoms with Gasteiger partial charge in [-0.3, -0.25) is 9.69 Å². The summed E-state index contributed by atoms with van der Waals surface area (Å²) in [4.78, 5) is 12.8. The molecule has 0 radical (unpaired) electrons. The Morgan fingerprint density at radius 3 is 2.79 bits per heavy atom. The summed E-state index contributed by atoms with van der Waals surface area (Å²) >= 11 is 0. The van der Waals surface area contributed by atoms with Crippen LogP contribution in [0.5, 0.6) is 5.75 Å². The maximum atomic E-state index is 10.9. The molecule has 0 aromatic heterocycles. The smallest absolute Gasteiger partial charge is 0.317 e. The van der Waals surface area contributed by atoms with E-state index in [0.29, 0.717) is 13.2 Å². The van der Waals surface area contributed by atoms with Gasteiger partial charge in [-0.2, -0.15) is 0 Å². The number of hydrogen-bond donors (Lipinski definition) is 1. The number of carboxylic acids is 1. The van der Waals surface area contributed by atoms with Crippen LogP contribution in [0.4, 0.5) is 0 Å². The molecule has 0 amide bonds. The third-order valence-corrected chi connectivity index (χ3v) is 2.92. The number of carboxylic acid groups (broad SMARTS) is 1. The third-order valence-electron chi connectivity index (χ3n) is 2.92. The highest BCUT2D eigenvalue weighted by atomic mass is 16.5. The van der Waals surface area contributed by atoms with Gasteiger partial charge < -0.3 is 9.84 Å². The van der Waals surface area contributed by atoms with Crippen molar-refractivity contribution in [2.45, 2.75) is 19.9 Å². The summed E-state index contributed by atoms with van der Waals surface area (Å²) in [6.45, 7) is 8.67. The first kappa shape index (κ1) is 15.2. The molecule has 1 atom stereocenters. The van der Waals surface area contributed by atoms with Gasteiger partial charge >= 0.3 is 5.97 Å². The number of rotatable bonds is 8. The largest absolute Gasteiger partial charge is 0.494 e. The second-order valence-electron chi connectivity index (χ2n) is 4.26. The molecule has 1 N–H and O–H groups in total. The summed E-state index contributed by atoms with van der Waals surface area (Å²) in [5, 5.41) is 8.97. The molecular weight excluding hydrogens is 242 g/mol. The van der Waals surface area contributed by atoms with Gasteiger partial charge in [0.15, 0.2) is 0 Å². The fourth-order valence-corrected chi connectivity index (χ4v) is 2.01. The fourth-order valence-electron chi connectivity index (χ4n) is 2.01. The second-order valence-corrected chi connectivity index (χ2v) is 4.26. The molecule has 0 aliphatic rings. The second kappa shape index (κ2) is 7.59. The van der Waals surface area contributed by atoms with Crippen molar-refractivity contribution < 1.29 is 14.6 Å². The molecule has 0 heterocycles. The normalized spacial score (nSPS) is 12.2. The highest BCUT2D eigenvalue weighted by Crippen LogP contribution is 2.28. The maximum absolute atomic E-state index is 10.9. The van der Waals surface area contributed by atoms with E-state index in [1.165, 1.54) is 0 Å². The Balaban J connectivity index is 2.97. The van der Waals surface area contributed by atoms with Gasteiger partial charge in [0, 0.05) is 18.2 Å². The van der Waals surface area contributed by atoms with Gasteiger partial charge in [-0.25, -0.2) is 0 Å². The van der Waals surface area contributed by atoms with E-state index in [1.54, 1.807) is 6.08 Å². The topological polar surface area (TPSA) is 49.8 Å². The lowest BCUT2D eigenvalue weighted by atomic mass is 10.1. The Bertz CT molecular complexity index is 431. The lowest BCUT2D eigenvalue weighted by molar-refractivity contribution is -0.138. The van der Waals surface area contributed by atoms with Crippen LogP contribution in [0.15, 0.2) is 36.9 Å². The van der Waals surface area contributed by atoms with Crippen molar-refractivity contribution in [3.8, 4) is 5.75 Å². The molecule has 4 nitrogen and oxygen atoms in total. The minimum absolute atomic E-state index is 0.0202. The first-order chi connectivity index (χ1) is 9.10. The van der Waals surface area contributed by atoms with Crippen LogP contribution in [0.25, 0.3) is 0 Å². The molecule has 0 fully saturated rings. The molecule has 104 valence electrons. The van der Waals surface area contributed by atoms with Crippen molar-refractivity contribution in [3.63, 3.8) is 0 Å². The predicted octanol–water partition coefficient (Wildman–Crippen LogP) is 2.72. The van der Waals surface area contributed by atoms with Crippen LogP contribution < -0.4 is 4.74 Å². The number of ether oxygens (including phenoxy) is 1. The fraction of sp³-hybridized carbons (Fsp3) is 0.400. The average Bonchev–Trinajstić information content (AvgIpc) is 2.38. The van der Waals surface area contributed by atoms with E-state index in [-0.39, 0.29) is 12.6 Å². The van der Waals surface area contributed by atoms with Gasteiger partial charge in [-0.1, -0.05) is 24.3 Å². The van der Waals surface area contributed by atoms with Crippen molar-refractivity contribution in [3.05, 3.63) is 42.5 Å². The Labute approximate surface area is 114 Å². The zero-order valence-corrected chi connectivity index (χ0v) is 11.5. The molecule has 0 aliphatic heterocycles. The van der Waals surface area contributed by atoms with E-state index in [0.717, 1.165) is 11.3 Å². The standard InChI is InChI=1S/C15H21NO3/c1-4-10-16(11-15(17)18)12(3)13-8-6-7-9-14(13)19-5-2/h4,6-9,12H,1,5,10-11H2,2-3H3,(H,17,18). The van der Waals surface area contributed by atoms with Crippen LogP contribution in [-0.2, 0) is 4.79 Å². The van der Waals surface area contributed by atoms with Gasteiger partial charge in [-0.15, -0.1) is 6.58 Å². The molecule has 1 aromatic rings. The number of benzene rings is 1. The summed E-state index contributed by atoms with van der Waals surface area (Å²) in [6, 6.07) is 7.67. The SMILES string of the molecule is C=CCN(CC(=O)O)C(C)c1ccccc1OCC. The molecule has 0 bridgehead atoms. The first-order valence-corrected chi connectivity index (χ1v) is 6.38. The van der Waals surface area contributed by atoms with E-state index in [4.69, 9.17) is 9.84 Å². The molecule has 0 spiro atoms. The van der Waals surface area contributed by atoms with Gasteiger partial charge in [0.1, 0.15) is 5.75 Å². The van der Waals surface area contributed by atoms with E-state index < -0.39 is 5.97 Å². The van der Waals surface area contributed by atoms with Gasteiger partial charge in [0.25, 0.3) is 0 Å². The summed E-state index contributed by atoms with van der Waals surface area (Å²) < 4.78 is 5.59. The van der Waals surface area contributed by atoms with Crippen molar-refractivity contribution in [2.24, 2.45) is 0 Å². The predicted molar refractivity (Wildman–Crippen MR) is 75.4 cm³/mol. The van der Waals surface area contributed by atoms with Crippen LogP contribution in [-0.4, -0.2) is 35.7 Å². The van der Waals surface area contributed by atoms with Crippen molar-refractivity contribution in [2.75, 3.05) is 19.7 Å². The van der Waals surface area contributed by atoms with Crippen molar-refractivity contribution in [1.82, 2.24) is 4.90 Å². The Morgan fingerprint density at radius 1 is 1.53 bits per heavy atom. The maximum Gasteiger partial charge on any atom is 0.317 e. The van der Waals surface area contributed by atoms with E-state index in [2.05, 4.69) is 6.58 Å². The molecule has 19 heavy (non-hydrogen) atoms. The number of para-hydroxylation sites is 1. The highest BCUT2D eigenvalue weighted by Gasteiger charge is 2.20. The van der Waals surface area contributed by atoms with Crippen molar-refractivity contribution in [1.29, 1.82) is 0 Å². The minimum atomic E-state index is -0.845. The number of aliphatic carboxylic acids is 1. The quantitative estimate of drug-likeness (QED) is 0.733. The van der Waals surface area contributed by atoms with Gasteiger partial charge in [0.05, 0.1) is 13.2 Å². The molecule has 1 rings (SSSR count). The Kier molecular flexibility index (Phi) is 6.09. The Morgan fingerprint density at radius 2 is 2.21 bits per heavy atom. The van der Waals surface area contributed by atoms with E-state index in [1.807, 2.05) is 43.0 Å². The third kappa shape index (κ3) is 4.41. The monoisotopic (exact) mass is 263 g/mol. The van der Waals surface area contributed by atoms with E-state index in [9.17, 15) is 4.79 Å². The molecule has 1 unspecified atom stereocenters. The van der Waals surface area contributed by atoms with Crippen LogP contribution >= 0.6 is 0 Å².